The summed E-state index contributed by atoms with van der Waals surface area (Å²) in [6, 6.07) is 17.4. The van der Waals surface area contributed by atoms with Crippen LogP contribution >= 0.6 is 35.0 Å². The van der Waals surface area contributed by atoms with E-state index >= 15 is 0 Å². The van der Waals surface area contributed by atoms with E-state index in [1.165, 1.54) is 12.1 Å². The van der Waals surface area contributed by atoms with Gasteiger partial charge in [0.15, 0.2) is 5.75 Å². The third kappa shape index (κ3) is 6.06. The van der Waals surface area contributed by atoms with Crippen molar-refractivity contribution < 1.29 is 21.6 Å². The van der Waals surface area contributed by atoms with Crippen molar-refractivity contribution in [3.63, 3.8) is 0 Å². The second kappa shape index (κ2) is 9.25. The number of anilines is 1. The lowest BCUT2D eigenvalue weighted by molar-refractivity contribution is -0.106. The number of fused-ring (bicyclic) bond motifs is 2. The highest BCUT2D eigenvalue weighted by atomic mass is 35.5. The van der Waals surface area contributed by atoms with Crippen LogP contribution in [-0.2, 0) is 15.8 Å². The molecule has 4 rings (SSSR count). The van der Waals surface area contributed by atoms with E-state index in [9.17, 15) is 21.6 Å². The molecule has 1 N–H and O–H groups in total. The normalized spacial score (nSPS) is 15.0. The quantitative estimate of drug-likeness (QED) is 0.380. The Bertz CT molecular complexity index is 1300. The van der Waals surface area contributed by atoms with Gasteiger partial charge in [0.1, 0.15) is 0 Å². The minimum atomic E-state index is -4.83. The van der Waals surface area contributed by atoms with Gasteiger partial charge in [0.25, 0.3) is 0 Å². The number of thioether (sulfide) groups is 1. The maximum atomic E-state index is 12.6. The van der Waals surface area contributed by atoms with Crippen LogP contribution in [0.15, 0.2) is 65.6 Å². The predicted molar refractivity (Wildman–Crippen MR) is 129 cm³/mol. The van der Waals surface area contributed by atoms with Gasteiger partial charge in [-0.25, -0.2) is 8.42 Å². The van der Waals surface area contributed by atoms with Gasteiger partial charge in [0, 0.05) is 26.4 Å². The van der Waals surface area contributed by atoms with Crippen LogP contribution in [0.25, 0.3) is 11.6 Å². The van der Waals surface area contributed by atoms with Crippen molar-refractivity contribution >= 4 is 62.3 Å². The number of halogens is 5. The van der Waals surface area contributed by atoms with Crippen molar-refractivity contribution in [1.82, 2.24) is 0 Å². The van der Waals surface area contributed by atoms with Gasteiger partial charge in [0.2, 0.25) is 10.0 Å². The highest BCUT2D eigenvalue weighted by molar-refractivity contribution is 7.98. The van der Waals surface area contributed by atoms with Crippen molar-refractivity contribution in [3.05, 3.63) is 93.0 Å². The highest BCUT2D eigenvalue weighted by Crippen LogP contribution is 2.42. The molecule has 0 bridgehead atoms. The van der Waals surface area contributed by atoms with E-state index in [2.05, 4.69) is 0 Å². The van der Waals surface area contributed by atoms with Gasteiger partial charge in [-0.3, -0.25) is 4.72 Å². The number of hydrogen-bond donors (Lipinski definition) is 1. The molecule has 1 aliphatic rings. The van der Waals surface area contributed by atoms with Crippen molar-refractivity contribution in [2.24, 2.45) is 0 Å². The van der Waals surface area contributed by atoms with Crippen LogP contribution in [0.1, 0.15) is 22.3 Å². The van der Waals surface area contributed by atoms with E-state index in [1.807, 2.05) is 35.1 Å². The Kier molecular flexibility index (Phi) is 6.73. The van der Waals surface area contributed by atoms with E-state index in [4.69, 9.17) is 23.2 Å². The molecule has 0 unspecified atom stereocenters. The second-order valence-corrected chi connectivity index (χ2v) is 11.0. The summed E-state index contributed by atoms with van der Waals surface area (Å²) in [6.45, 7) is 0. The summed E-state index contributed by atoms with van der Waals surface area (Å²) < 4.78 is 63.5. The molecule has 172 valence electrons. The molecule has 0 radical (unpaired) electrons. The molecule has 0 fully saturated rings. The Hall–Kier alpha value is -2.13. The molecule has 0 aromatic heterocycles. The minimum Gasteiger partial charge on any atom is -0.283 e. The van der Waals surface area contributed by atoms with E-state index in [1.54, 1.807) is 36.0 Å². The average molecular weight is 530 g/mol. The lowest BCUT2D eigenvalue weighted by Gasteiger charge is -2.13. The first-order valence-electron chi connectivity index (χ1n) is 9.60. The third-order valence-corrected chi connectivity index (χ3v) is 7.63. The van der Waals surface area contributed by atoms with Crippen molar-refractivity contribution in [3.8, 4) is 0 Å². The summed E-state index contributed by atoms with van der Waals surface area (Å²) in [4.78, 5) is 0.975. The molecule has 1 aliphatic heterocycles. The van der Waals surface area contributed by atoms with Gasteiger partial charge >= 0.3 is 6.18 Å². The number of hydrogen-bond acceptors (Lipinski definition) is 3. The van der Waals surface area contributed by atoms with Gasteiger partial charge < -0.3 is 0 Å². The Morgan fingerprint density at radius 2 is 1.67 bits per heavy atom. The Balaban J connectivity index is 1.78. The van der Waals surface area contributed by atoms with Crippen molar-refractivity contribution in [1.29, 1.82) is 0 Å². The standard InChI is InChI=1S/C23H16Cl2F3NO2S2/c24-16-4-6-19-15(10-16)12-32-22-11-17(25)5-7-20(22)21(19)9-14-2-1-3-18(8-14)29-33(30,31)13-23(26,27)28/h1-11,29H,12-13H2/b21-9-. The van der Waals surface area contributed by atoms with Gasteiger partial charge in [-0.05, 0) is 70.3 Å². The average Bonchev–Trinajstić information content (AvgIpc) is 2.83. The van der Waals surface area contributed by atoms with Crippen LogP contribution in [0.2, 0.25) is 10.0 Å². The lowest BCUT2D eigenvalue weighted by Crippen LogP contribution is -2.27. The number of rotatable bonds is 4. The summed E-state index contributed by atoms with van der Waals surface area (Å²) >= 11 is 14.0. The highest BCUT2D eigenvalue weighted by Gasteiger charge is 2.35. The molecule has 0 atom stereocenters. The Labute approximate surface area is 203 Å². The van der Waals surface area contributed by atoms with Crippen molar-refractivity contribution in [2.45, 2.75) is 16.8 Å². The van der Waals surface area contributed by atoms with Crippen LogP contribution in [0, 0.1) is 0 Å². The molecule has 0 amide bonds. The Morgan fingerprint density at radius 3 is 2.39 bits per heavy atom. The van der Waals surface area contributed by atoms with Crippen LogP contribution in [0.4, 0.5) is 18.9 Å². The van der Waals surface area contributed by atoms with E-state index < -0.39 is 22.0 Å². The number of alkyl halides is 3. The molecule has 0 saturated heterocycles. The zero-order valence-corrected chi connectivity index (χ0v) is 19.9. The molecular weight excluding hydrogens is 514 g/mol. The largest absolute Gasteiger partial charge is 0.404 e. The first-order chi connectivity index (χ1) is 15.5. The van der Waals surface area contributed by atoms with E-state index in [0.717, 1.165) is 27.2 Å². The molecule has 3 aromatic carbocycles. The van der Waals surface area contributed by atoms with Crippen LogP contribution in [0.3, 0.4) is 0 Å². The molecule has 10 heteroatoms. The summed E-state index contributed by atoms with van der Waals surface area (Å²) in [6.07, 6.45) is -2.97. The fourth-order valence-electron chi connectivity index (χ4n) is 3.53. The molecule has 1 heterocycles. The zero-order chi connectivity index (χ0) is 23.8. The third-order valence-electron chi connectivity index (χ3n) is 4.80. The molecule has 3 nitrogen and oxygen atoms in total. The van der Waals surface area contributed by atoms with Gasteiger partial charge in [-0.2, -0.15) is 13.2 Å². The van der Waals surface area contributed by atoms with Gasteiger partial charge in [0.05, 0.1) is 0 Å². The Morgan fingerprint density at radius 1 is 0.970 bits per heavy atom. The summed E-state index contributed by atoms with van der Waals surface area (Å²) in [5, 5.41) is 1.21. The van der Waals surface area contributed by atoms with Crippen LogP contribution in [-0.4, -0.2) is 20.3 Å². The fraction of sp³-hybridized carbons (Fsp3) is 0.130. The van der Waals surface area contributed by atoms with Gasteiger partial charge in [-0.1, -0.05) is 47.5 Å². The number of sulfonamides is 1. The monoisotopic (exact) mass is 529 g/mol. The van der Waals surface area contributed by atoms with Crippen LogP contribution < -0.4 is 4.72 Å². The van der Waals surface area contributed by atoms with Crippen LogP contribution in [0.5, 0.6) is 0 Å². The summed E-state index contributed by atoms with van der Waals surface area (Å²) in [7, 11) is -4.58. The summed E-state index contributed by atoms with van der Waals surface area (Å²) in [5.41, 5.74) is 4.45. The first kappa shape index (κ1) is 24.0. The van der Waals surface area contributed by atoms with E-state index in [0.29, 0.717) is 21.4 Å². The maximum Gasteiger partial charge on any atom is 0.404 e. The zero-order valence-electron chi connectivity index (χ0n) is 16.8. The number of nitrogens with one attached hydrogen (secondary N) is 1. The molecule has 0 aliphatic carbocycles. The topological polar surface area (TPSA) is 46.2 Å². The predicted octanol–water partition coefficient (Wildman–Crippen LogP) is 7.49. The van der Waals surface area contributed by atoms with Crippen molar-refractivity contribution in [2.75, 3.05) is 10.5 Å². The number of benzene rings is 3. The molecular formula is C23H16Cl2F3NO2S2. The smallest absolute Gasteiger partial charge is 0.283 e. The molecule has 3 aromatic rings. The first-order valence-corrected chi connectivity index (χ1v) is 13.0. The SMILES string of the molecule is O=S(=O)(CC(F)(F)F)Nc1cccc(/C=C2/c3ccc(Cl)cc3CSc3cc(Cl)ccc32)c1. The second-order valence-electron chi connectivity index (χ2n) is 7.39. The molecule has 33 heavy (non-hydrogen) atoms. The minimum absolute atomic E-state index is 0.0456. The van der Waals surface area contributed by atoms with Gasteiger partial charge in [-0.15, -0.1) is 11.8 Å². The maximum absolute atomic E-state index is 12.6. The molecule has 0 spiro atoms. The van der Waals surface area contributed by atoms with E-state index in [-0.39, 0.29) is 5.69 Å². The molecule has 0 saturated carbocycles. The summed E-state index contributed by atoms with van der Waals surface area (Å²) in [5.74, 6) is -1.28. The lowest BCUT2D eigenvalue weighted by atomic mass is 9.92. The fourth-order valence-corrected chi connectivity index (χ4v) is 6.04.